The molecule has 1 N–H and O–H groups in total. The van der Waals surface area contributed by atoms with Crippen LogP contribution in [0.15, 0.2) is 42.1 Å². The van der Waals surface area contributed by atoms with Crippen molar-refractivity contribution in [1.29, 1.82) is 5.26 Å². The fraction of sp³-hybridized carbons (Fsp3) is 0.273. The number of nitriles is 1. The Morgan fingerprint density at radius 1 is 1.39 bits per heavy atom. The van der Waals surface area contributed by atoms with Gasteiger partial charge in [-0.15, -0.1) is 28.1 Å². The lowest BCUT2D eigenvalue weighted by Gasteiger charge is -2.09. The number of halogens is 1. The predicted molar refractivity (Wildman–Crippen MR) is 126 cm³/mol. The normalized spacial score (nSPS) is 12.8. The van der Waals surface area contributed by atoms with Crippen molar-refractivity contribution in [3.05, 3.63) is 57.9 Å². The van der Waals surface area contributed by atoms with Gasteiger partial charge >= 0.3 is 0 Å². The van der Waals surface area contributed by atoms with Crippen molar-refractivity contribution < 1.29 is 4.79 Å². The zero-order valence-electron chi connectivity index (χ0n) is 16.7. The largest absolute Gasteiger partial charge is 0.316 e. The molecule has 1 aliphatic carbocycles. The number of amides is 1. The van der Waals surface area contributed by atoms with Crippen LogP contribution in [0.5, 0.6) is 0 Å². The maximum Gasteiger partial charge on any atom is 0.235 e. The van der Waals surface area contributed by atoms with Crippen LogP contribution in [0.1, 0.15) is 28.8 Å². The highest BCUT2D eigenvalue weighted by Crippen LogP contribution is 2.37. The van der Waals surface area contributed by atoms with Crippen LogP contribution >= 0.6 is 34.7 Å². The van der Waals surface area contributed by atoms with Gasteiger partial charge in [0.1, 0.15) is 11.1 Å². The minimum absolute atomic E-state index is 0.165. The molecule has 2 aromatic heterocycles. The number of carbonyl (C=O) groups excluding carboxylic acids is 1. The number of thioether (sulfide) groups is 1. The maximum atomic E-state index is 12.6. The van der Waals surface area contributed by atoms with Crippen LogP contribution in [0.2, 0.25) is 5.02 Å². The number of hydrogen-bond acceptors (Lipinski definition) is 6. The highest BCUT2D eigenvalue weighted by Gasteiger charge is 2.22. The van der Waals surface area contributed by atoms with Gasteiger partial charge in [0.25, 0.3) is 0 Å². The fourth-order valence-electron chi connectivity index (χ4n) is 3.60. The number of hydrogen-bond donors (Lipinski definition) is 1. The molecule has 4 rings (SSSR count). The number of anilines is 1. The summed E-state index contributed by atoms with van der Waals surface area (Å²) in [5.74, 6) is 0.665. The van der Waals surface area contributed by atoms with Gasteiger partial charge in [-0.1, -0.05) is 41.6 Å². The van der Waals surface area contributed by atoms with E-state index in [2.05, 4.69) is 28.2 Å². The first-order chi connectivity index (χ1) is 15.1. The molecule has 0 bridgehead atoms. The van der Waals surface area contributed by atoms with Crippen molar-refractivity contribution in [2.24, 2.45) is 0 Å². The average molecular weight is 470 g/mol. The monoisotopic (exact) mass is 469 g/mol. The second-order valence-electron chi connectivity index (χ2n) is 7.08. The van der Waals surface area contributed by atoms with E-state index < -0.39 is 0 Å². The second-order valence-corrected chi connectivity index (χ2v) is 9.56. The van der Waals surface area contributed by atoms with Crippen LogP contribution in [-0.2, 0) is 24.2 Å². The van der Waals surface area contributed by atoms with Crippen molar-refractivity contribution >= 4 is 45.6 Å². The molecule has 31 heavy (non-hydrogen) atoms. The van der Waals surface area contributed by atoms with Gasteiger partial charge in [0.15, 0.2) is 11.0 Å². The fourth-order valence-corrected chi connectivity index (χ4v) is 5.79. The molecule has 0 aliphatic heterocycles. The number of thiophene rings is 1. The summed E-state index contributed by atoms with van der Waals surface area (Å²) in [5, 5.41) is 22.9. The van der Waals surface area contributed by atoms with Gasteiger partial charge in [-0.3, -0.25) is 9.36 Å². The van der Waals surface area contributed by atoms with Crippen LogP contribution in [0.3, 0.4) is 0 Å². The van der Waals surface area contributed by atoms with E-state index in [1.165, 1.54) is 28.0 Å². The summed E-state index contributed by atoms with van der Waals surface area (Å²) in [5.41, 5.74) is 2.58. The molecule has 0 fully saturated rings. The summed E-state index contributed by atoms with van der Waals surface area (Å²) in [6.45, 7) is 4.32. The van der Waals surface area contributed by atoms with Gasteiger partial charge in [0.2, 0.25) is 5.91 Å². The topological polar surface area (TPSA) is 83.6 Å². The number of nitrogens with zero attached hydrogens (tertiary/aromatic N) is 4. The smallest absolute Gasteiger partial charge is 0.235 e. The van der Waals surface area contributed by atoms with Crippen molar-refractivity contribution in [1.82, 2.24) is 14.8 Å². The van der Waals surface area contributed by atoms with Gasteiger partial charge in [0, 0.05) is 22.0 Å². The molecule has 9 heteroatoms. The van der Waals surface area contributed by atoms with Crippen LogP contribution in [-0.4, -0.2) is 26.4 Å². The lowest BCUT2D eigenvalue weighted by molar-refractivity contribution is -0.113. The SMILES string of the molecule is C=CCn1c(SCC(=O)Nc2sc3c(c2C#N)CCCC3)nnc1-c1cccc(Cl)c1. The lowest BCUT2D eigenvalue weighted by Crippen LogP contribution is -2.14. The minimum Gasteiger partial charge on any atom is -0.316 e. The van der Waals surface area contributed by atoms with E-state index in [1.807, 2.05) is 22.8 Å². The molecule has 3 aromatic rings. The van der Waals surface area contributed by atoms with Gasteiger partial charge in [-0.25, -0.2) is 0 Å². The summed E-state index contributed by atoms with van der Waals surface area (Å²) in [6.07, 6.45) is 5.88. The van der Waals surface area contributed by atoms with Crippen LogP contribution in [0.25, 0.3) is 11.4 Å². The molecule has 1 aromatic carbocycles. The molecular formula is C22H20ClN5OS2. The number of aryl methyl sites for hydroxylation is 1. The summed E-state index contributed by atoms with van der Waals surface area (Å²) in [4.78, 5) is 13.9. The van der Waals surface area contributed by atoms with Crippen LogP contribution < -0.4 is 5.32 Å². The Balaban J connectivity index is 1.48. The van der Waals surface area contributed by atoms with E-state index >= 15 is 0 Å². The first-order valence-electron chi connectivity index (χ1n) is 9.88. The van der Waals surface area contributed by atoms with Crippen LogP contribution in [0.4, 0.5) is 5.00 Å². The number of allylic oxidation sites excluding steroid dienone is 1. The molecule has 0 atom stereocenters. The first kappa shape index (κ1) is 21.6. The quantitative estimate of drug-likeness (QED) is 0.373. The van der Waals surface area contributed by atoms with E-state index in [4.69, 9.17) is 11.6 Å². The summed E-state index contributed by atoms with van der Waals surface area (Å²) >= 11 is 8.94. The molecule has 0 saturated heterocycles. The zero-order valence-corrected chi connectivity index (χ0v) is 19.1. The summed E-state index contributed by atoms with van der Waals surface area (Å²) in [7, 11) is 0. The third kappa shape index (κ3) is 4.69. The Labute approximate surface area is 193 Å². The highest BCUT2D eigenvalue weighted by molar-refractivity contribution is 7.99. The van der Waals surface area contributed by atoms with Gasteiger partial charge in [-0.2, -0.15) is 5.26 Å². The summed E-state index contributed by atoms with van der Waals surface area (Å²) in [6, 6.07) is 9.68. The molecule has 2 heterocycles. The number of benzene rings is 1. The first-order valence-corrected chi connectivity index (χ1v) is 12.1. The summed E-state index contributed by atoms with van der Waals surface area (Å²) < 4.78 is 1.90. The predicted octanol–water partition coefficient (Wildman–Crippen LogP) is 5.33. The van der Waals surface area contributed by atoms with E-state index in [-0.39, 0.29) is 11.7 Å². The van der Waals surface area contributed by atoms with E-state index in [0.717, 1.165) is 36.8 Å². The Kier molecular flexibility index (Phi) is 6.76. The zero-order chi connectivity index (χ0) is 21.8. The number of nitrogens with one attached hydrogen (secondary N) is 1. The van der Waals surface area contributed by atoms with Crippen LogP contribution in [0, 0.1) is 11.3 Å². The molecule has 0 unspecified atom stereocenters. The van der Waals surface area contributed by atoms with E-state index in [0.29, 0.717) is 33.1 Å². The molecule has 6 nitrogen and oxygen atoms in total. The molecule has 1 aliphatic rings. The molecule has 158 valence electrons. The highest BCUT2D eigenvalue weighted by atomic mass is 35.5. The number of rotatable bonds is 7. The van der Waals surface area contributed by atoms with E-state index in [1.54, 1.807) is 12.1 Å². The van der Waals surface area contributed by atoms with Gasteiger partial charge in [0.05, 0.1) is 11.3 Å². The third-order valence-electron chi connectivity index (χ3n) is 4.98. The van der Waals surface area contributed by atoms with Crippen molar-refractivity contribution in [3.8, 4) is 17.5 Å². The Morgan fingerprint density at radius 2 is 2.23 bits per heavy atom. The molecule has 0 spiro atoms. The van der Waals surface area contributed by atoms with E-state index in [9.17, 15) is 10.1 Å². The Hall–Kier alpha value is -2.60. The molecule has 0 saturated carbocycles. The minimum atomic E-state index is -0.169. The van der Waals surface area contributed by atoms with Crippen molar-refractivity contribution in [3.63, 3.8) is 0 Å². The molecular weight excluding hydrogens is 450 g/mol. The van der Waals surface area contributed by atoms with Crippen molar-refractivity contribution in [2.45, 2.75) is 37.4 Å². The number of aromatic nitrogens is 3. The Morgan fingerprint density at radius 3 is 3.00 bits per heavy atom. The molecule has 1 amide bonds. The standard InChI is InChI=1S/C22H20ClN5OS2/c1-2-10-28-20(14-6-5-7-15(23)11-14)26-27-22(28)30-13-19(29)25-21-17(12-24)16-8-3-4-9-18(16)31-21/h2,5-7,11H,1,3-4,8-10,13H2,(H,25,29). The molecule has 0 radical (unpaired) electrons. The van der Waals surface area contributed by atoms with Gasteiger partial charge < -0.3 is 5.32 Å². The number of carbonyl (C=O) groups is 1. The average Bonchev–Trinajstić information content (AvgIpc) is 3.33. The maximum absolute atomic E-state index is 12.6. The third-order valence-corrected chi connectivity index (χ3v) is 7.39. The number of fused-ring (bicyclic) bond motifs is 1. The second kappa shape index (κ2) is 9.69. The lowest BCUT2D eigenvalue weighted by atomic mass is 9.96. The Bertz CT molecular complexity index is 1180. The van der Waals surface area contributed by atoms with Crippen molar-refractivity contribution in [2.75, 3.05) is 11.1 Å². The van der Waals surface area contributed by atoms with Gasteiger partial charge in [-0.05, 0) is 43.4 Å².